The lowest BCUT2D eigenvalue weighted by atomic mass is 10.2. The number of para-hydroxylation sites is 4. The molecule has 9 heteroatoms. The Morgan fingerprint density at radius 1 is 1.14 bits per heavy atom. The number of hydrogen-bond donors (Lipinski definition) is 1. The zero-order chi connectivity index (χ0) is 20.2. The van der Waals surface area contributed by atoms with Crippen molar-refractivity contribution >= 4 is 40.1 Å². The van der Waals surface area contributed by atoms with Crippen molar-refractivity contribution in [3.05, 3.63) is 48.5 Å². The molecule has 3 aromatic rings. The fraction of sp³-hybridized carbons (Fsp3) is 0.300. The standard InChI is InChI=1S/C20H20F2N4O2S/c21-19(22)29-20-24-15-6-2-4-8-17(15)26(20)13-18(27)23-14-5-1-3-7-16(14)25-9-11-28-12-10-25/h1-8,19H,9-13H2,(H,23,27). The van der Waals surface area contributed by atoms with Gasteiger partial charge in [-0.05, 0) is 36.0 Å². The molecule has 6 nitrogen and oxygen atoms in total. The van der Waals surface area contributed by atoms with Crippen LogP contribution in [0.2, 0.25) is 0 Å². The first-order valence-electron chi connectivity index (χ1n) is 9.23. The molecule has 0 saturated carbocycles. The molecule has 1 fully saturated rings. The van der Waals surface area contributed by atoms with Crippen LogP contribution in [-0.4, -0.2) is 47.5 Å². The normalized spacial score (nSPS) is 14.5. The minimum Gasteiger partial charge on any atom is -0.378 e. The van der Waals surface area contributed by atoms with Crippen LogP contribution in [0.1, 0.15) is 0 Å². The molecular weight excluding hydrogens is 398 g/mol. The molecule has 0 radical (unpaired) electrons. The third-order valence-electron chi connectivity index (χ3n) is 4.65. The van der Waals surface area contributed by atoms with Crippen molar-refractivity contribution in [1.82, 2.24) is 9.55 Å². The van der Waals surface area contributed by atoms with E-state index in [4.69, 9.17) is 4.74 Å². The Morgan fingerprint density at radius 3 is 2.66 bits per heavy atom. The van der Waals surface area contributed by atoms with Crippen LogP contribution in [0.4, 0.5) is 20.2 Å². The van der Waals surface area contributed by atoms with Crippen LogP contribution < -0.4 is 10.2 Å². The molecule has 0 atom stereocenters. The average Bonchev–Trinajstić information content (AvgIpc) is 3.05. The summed E-state index contributed by atoms with van der Waals surface area (Å²) in [6, 6.07) is 14.7. The molecule has 1 N–H and O–H groups in total. The minimum atomic E-state index is -2.62. The number of imidazole rings is 1. The summed E-state index contributed by atoms with van der Waals surface area (Å²) >= 11 is 0.341. The quantitative estimate of drug-likeness (QED) is 0.617. The fourth-order valence-electron chi connectivity index (χ4n) is 3.37. The predicted molar refractivity (Wildman–Crippen MR) is 110 cm³/mol. The topological polar surface area (TPSA) is 59.4 Å². The number of carbonyl (C=O) groups excluding carboxylic acids is 1. The number of nitrogens with zero attached hydrogens (tertiary/aromatic N) is 3. The summed E-state index contributed by atoms with van der Waals surface area (Å²) in [7, 11) is 0. The molecule has 152 valence electrons. The SMILES string of the molecule is O=C(Cn1c(SC(F)F)nc2ccccc21)Nc1ccccc1N1CCOCC1. The number of fused-ring (bicyclic) bond motifs is 1. The lowest BCUT2D eigenvalue weighted by Crippen LogP contribution is -2.36. The number of carbonyl (C=O) groups is 1. The molecule has 1 aliphatic rings. The molecule has 2 heterocycles. The van der Waals surface area contributed by atoms with Crippen LogP contribution in [0.3, 0.4) is 0 Å². The van der Waals surface area contributed by atoms with E-state index in [1.54, 1.807) is 24.3 Å². The number of thioether (sulfide) groups is 1. The summed E-state index contributed by atoms with van der Waals surface area (Å²) in [6.45, 7) is 2.66. The van der Waals surface area contributed by atoms with Crippen molar-refractivity contribution in [2.24, 2.45) is 0 Å². The average molecular weight is 418 g/mol. The van der Waals surface area contributed by atoms with Gasteiger partial charge in [0.1, 0.15) is 6.54 Å². The van der Waals surface area contributed by atoms with Gasteiger partial charge in [0.25, 0.3) is 5.76 Å². The predicted octanol–water partition coefficient (Wildman–Crippen LogP) is 3.83. The van der Waals surface area contributed by atoms with Gasteiger partial charge in [0.2, 0.25) is 5.91 Å². The monoisotopic (exact) mass is 418 g/mol. The van der Waals surface area contributed by atoms with E-state index in [0.717, 1.165) is 18.8 Å². The smallest absolute Gasteiger partial charge is 0.291 e. The summed E-state index contributed by atoms with van der Waals surface area (Å²) in [5.41, 5.74) is 2.83. The number of halogens is 2. The van der Waals surface area contributed by atoms with E-state index in [0.29, 0.717) is 41.7 Å². The second kappa shape index (κ2) is 8.79. The van der Waals surface area contributed by atoms with Gasteiger partial charge in [-0.15, -0.1) is 0 Å². The molecule has 29 heavy (non-hydrogen) atoms. The molecule has 1 aliphatic heterocycles. The third kappa shape index (κ3) is 4.51. The number of anilines is 2. The maximum Gasteiger partial charge on any atom is 0.291 e. The molecule has 0 unspecified atom stereocenters. The lowest BCUT2D eigenvalue weighted by molar-refractivity contribution is -0.116. The summed E-state index contributed by atoms with van der Waals surface area (Å²) < 4.78 is 32.9. The van der Waals surface area contributed by atoms with E-state index in [1.807, 2.05) is 24.3 Å². The van der Waals surface area contributed by atoms with Crippen LogP contribution in [0, 0.1) is 0 Å². The Kier molecular flexibility index (Phi) is 5.96. The van der Waals surface area contributed by atoms with Gasteiger partial charge in [-0.1, -0.05) is 24.3 Å². The van der Waals surface area contributed by atoms with Gasteiger partial charge in [-0.3, -0.25) is 4.79 Å². The second-order valence-corrected chi connectivity index (χ2v) is 7.47. The number of aromatic nitrogens is 2. The fourth-order valence-corrected chi connectivity index (χ4v) is 3.97. The minimum absolute atomic E-state index is 0.104. The first-order chi connectivity index (χ1) is 14.1. The molecule has 1 saturated heterocycles. The van der Waals surface area contributed by atoms with E-state index >= 15 is 0 Å². The number of ether oxygens (including phenoxy) is 1. The van der Waals surface area contributed by atoms with Crippen molar-refractivity contribution in [1.29, 1.82) is 0 Å². The number of hydrogen-bond acceptors (Lipinski definition) is 5. The zero-order valence-corrected chi connectivity index (χ0v) is 16.4. The highest BCUT2D eigenvalue weighted by molar-refractivity contribution is 7.99. The number of morpholine rings is 1. The molecule has 0 spiro atoms. The number of nitrogens with one attached hydrogen (secondary N) is 1. The highest BCUT2D eigenvalue weighted by Gasteiger charge is 2.19. The van der Waals surface area contributed by atoms with Crippen LogP contribution in [0.5, 0.6) is 0 Å². The lowest BCUT2D eigenvalue weighted by Gasteiger charge is -2.30. The van der Waals surface area contributed by atoms with E-state index in [2.05, 4.69) is 15.2 Å². The Labute approximate surface area is 170 Å². The van der Waals surface area contributed by atoms with Gasteiger partial charge in [-0.2, -0.15) is 8.78 Å². The van der Waals surface area contributed by atoms with Crippen molar-refractivity contribution < 1.29 is 18.3 Å². The highest BCUT2D eigenvalue weighted by atomic mass is 32.2. The van der Waals surface area contributed by atoms with Crippen molar-refractivity contribution in [2.45, 2.75) is 17.5 Å². The molecule has 1 aromatic heterocycles. The summed E-state index contributed by atoms with van der Waals surface area (Å²) in [6.07, 6.45) is 0. The Balaban J connectivity index is 1.57. The van der Waals surface area contributed by atoms with Gasteiger partial charge in [0, 0.05) is 13.1 Å². The zero-order valence-electron chi connectivity index (χ0n) is 15.6. The van der Waals surface area contributed by atoms with Crippen molar-refractivity contribution in [3.8, 4) is 0 Å². The van der Waals surface area contributed by atoms with Crippen molar-refractivity contribution in [3.63, 3.8) is 0 Å². The largest absolute Gasteiger partial charge is 0.378 e. The Bertz CT molecular complexity index is 1010. The van der Waals surface area contributed by atoms with Crippen molar-refractivity contribution in [2.75, 3.05) is 36.5 Å². The van der Waals surface area contributed by atoms with E-state index in [-0.39, 0.29) is 17.6 Å². The number of alkyl halides is 2. The molecular formula is C20H20F2N4O2S. The molecule has 0 bridgehead atoms. The van der Waals surface area contributed by atoms with Crippen LogP contribution in [0.25, 0.3) is 11.0 Å². The van der Waals surface area contributed by atoms with Gasteiger partial charge in [0.05, 0.1) is 35.6 Å². The number of benzene rings is 2. The van der Waals surface area contributed by atoms with Gasteiger partial charge >= 0.3 is 0 Å². The van der Waals surface area contributed by atoms with E-state index in [1.165, 1.54) is 4.57 Å². The van der Waals surface area contributed by atoms with Gasteiger partial charge in [0.15, 0.2) is 5.16 Å². The molecule has 2 aromatic carbocycles. The maximum atomic E-state index is 13.0. The first-order valence-corrected chi connectivity index (χ1v) is 10.1. The first kappa shape index (κ1) is 19.7. The second-order valence-electron chi connectivity index (χ2n) is 6.51. The van der Waals surface area contributed by atoms with Crippen LogP contribution in [-0.2, 0) is 16.1 Å². The number of rotatable bonds is 6. The molecule has 4 rings (SSSR count). The van der Waals surface area contributed by atoms with E-state index < -0.39 is 5.76 Å². The number of amides is 1. The maximum absolute atomic E-state index is 13.0. The van der Waals surface area contributed by atoms with Crippen LogP contribution >= 0.6 is 11.8 Å². The van der Waals surface area contributed by atoms with Crippen LogP contribution in [0.15, 0.2) is 53.7 Å². The van der Waals surface area contributed by atoms with E-state index in [9.17, 15) is 13.6 Å². The molecule has 1 amide bonds. The van der Waals surface area contributed by atoms with Gasteiger partial charge in [-0.25, -0.2) is 4.98 Å². The molecule has 0 aliphatic carbocycles. The third-order valence-corrected chi connectivity index (χ3v) is 5.35. The highest BCUT2D eigenvalue weighted by Crippen LogP contribution is 2.29. The Hall–Kier alpha value is -2.65. The van der Waals surface area contributed by atoms with Gasteiger partial charge < -0.3 is 19.5 Å². The Morgan fingerprint density at radius 2 is 1.86 bits per heavy atom. The summed E-state index contributed by atoms with van der Waals surface area (Å²) in [4.78, 5) is 19.2. The summed E-state index contributed by atoms with van der Waals surface area (Å²) in [5.74, 6) is -2.92. The summed E-state index contributed by atoms with van der Waals surface area (Å²) in [5, 5.41) is 3.05.